The molecule has 0 atom stereocenters. The molecule has 0 aliphatic heterocycles. The van der Waals surface area contributed by atoms with Gasteiger partial charge in [0.2, 0.25) is 0 Å². The van der Waals surface area contributed by atoms with E-state index in [-0.39, 0.29) is 24.3 Å². The quantitative estimate of drug-likeness (QED) is 0.226. The maximum absolute atomic E-state index is 11.6. The summed E-state index contributed by atoms with van der Waals surface area (Å²) >= 11 is 0. The van der Waals surface area contributed by atoms with Gasteiger partial charge in [0.05, 0.1) is 0 Å². The summed E-state index contributed by atoms with van der Waals surface area (Å²) in [6.45, 7) is 11.2. The number of nitrogens with one attached hydrogen (secondary N) is 2. The first-order valence-electron chi connectivity index (χ1n) is 19.5. The maximum Gasteiger partial charge on any atom is 0.407 e. The minimum Gasteiger partial charge on any atom is -0.444 e. The zero-order valence-electron chi connectivity index (χ0n) is 33.8. The second-order valence-corrected chi connectivity index (χ2v) is 17.6. The van der Waals surface area contributed by atoms with Crippen molar-refractivity contribution in [3.05, 3.63) is 0 Å². The van der Waals surface area contributed by atoms with Crippen molar-refractivity contribution in [1.29, 1.82) is 0 Å². The maximum atomic E-state index is 11.6. The zero-order chi connectivity index (χ0) is 38.1. The molecule has 50 heavy (non-hydrogen) atoms. The molecule has 10 N–H and O–H groups in total. The minimum atomic E-state index is -0.421. The molecule has 0 aromatic carbocycles. The number of ether oxygens (including phenoxy) is 2. The molecule has 4 aliphatic rings. The summed E-state index contributed by atoms with van der Waals surface area (Å²) in [7, 11) is 8.54. The molecule has 0 unspecified atom stereocenters. The van der Waals surface area contributed by atoms with Gasteiger partial charge < -0.3 is 52.8 Å². The summed E-state index contributed by atoms with van der Waals surface area (Å²) in [6.07, 6.45) is 17.2. The highest BCUT2D eigenvalue weighted by molar-refractivity contribution is 5.68. The van der Waals surface area contributed by atoms with Gasteiger partial charge in [0, 0.05) is 48.3 Å². The number of amides is 2. The molecule has 4 aliphatic carbocycles. The monoisotopic (exact) mass is 713 g/mol. The topological polar surface area (TPSA) is 187 Å². The third kappa shape index (κ3) is 23.0. The summed E-state index contributed by atoms with van der Waals surface area (Å²) in [5.74, 6) is 0. The van der Waals surface area contributed by atoms with Crippen molar-refractivity contribution >= 4 is 12.2 Å². The Morgan fingerprint density at radius 2 is 0.680 bits per heavy atom. The zero-order valence-corrected chi connectivity index (χ0v) is 33.8. The molecule has 4 rings (SSSR count). The van der Waals surface area contributed by atoms with Crippen molar-refractivity contribution in [3.63, 3.8) is 0 Å². The predicted molar refractivity (Wildman–Crippen MR) is 207 cm³/mol. The van der Waals surface area contributed by atoms with E-state index in [0.29, 0.717) is 30.2 Å². The molecule has 0 saturated heterocycles. The van der Waals surface area contributed by atoms with Crippen LogP contribution in [0.5, 0.6) is 0 Å². The average molecular weight is 713 g/mol. The van der Waals surface area contributed by atoms with E-state index in [2.05, 4.69) is 48.6 Å². The fraction of sp³-hybridized carbons (Fsp3) is 0.947. The number of carbonyl (C=O) groups is 2. The molecule has 0 spiro atoms. The van der Waals surface area contributed by atoms with Gasteiger partial charge >= 0.3 is 12.2 Å². The van der Waals surface area contributed by atoms with Crippen LogP contribution in [-0.4, -0.2) is 110 Å². The van der Waals surface area contributed by atoms with Crippen molar-refractivity contribution in [2.24, 2.45) is 22.9 Å². The van der Waals surface area contributed by atoms with E-state index in [1.54, 1.807) is 0 Å². The SMILES string of the molecule is CC(C)(C)OC(=O)NC1CCC(N)CC1.CN(C)C1CCC(N)CC1.CN(C)C1CCC(NC(=O)OC(C)(C)C)CC1.NC1CCC(N)CC1. The van der Waals surface area contributed by atoms with Crippen LogP contribution < -0.4 is 33.6 Å². The van der Waals surface area contributed by atoms with E-state index in [0.717, 1.165) is 83.1 Å². The van der Waals surface area contributed by atoms with Crippen molar-refractivity contribution in [1.82, 2.24) is 20.4 Å². The van der Waals surface area contributed by atoms with E-state index in [1.165, 1.54) is 25.7 Å². The van der Waals surface area contributed by atoms with Gasteiger partial charge in [-0.2, -0.15) is 0 Å². The second kappa shape index (κ2) is 23.1. The molecule has 0 bridgehead atoms. The lowest BCUT2D eigenvalue weighted by molar-refractivity contribution is 0.0475. The lowest BCUT2D eigenvalue weighted by atomic mass is 9.91. The third-order valence-electron chi connectivity index (χ3n) is 9.93. The van der Waals surface area contributed by atoms with Crippen LogP contribution in [0.1, 0.15) is 144 Å². The van der Waals surface area contributed by atoms with Crippen molar-refractivity contribution < 1.29 is 19.1 Å². The summed E-state index contributed by atoms with van der Waals surface area (Å²) in [6, 6.07) is 3.63. The van der Waals surface area contributed by atoms with Crippen LogP contribution >= 0.6 is 0 Å². The molecule has 12 heteroatoms. The number of nitrogens with two attached hydrogens (primary N) is 4. The summed E-state index contributed by atoms with van der Waals surface area (Å²) in [4.78, 5) is 27.6. The first-order chi connectivity index (χ1) is 23.1. The Kier molecular flexibility index (Phi) is 21.4. The number of hydrogen-bond acceptors (Lipinski definition) is 10. The number of carbonyl (C=O) groups excluding carboxylic acids is 2. The van der Waals surface area contributed by atoms with Crippen LogP contribution in [0.25, 0.3) is 0 Å². The van der Waals surface area contributed by atoms with Gasteiger partial charge in [-0.25, -0.2) is 9.59 Å². The van der Waals surface area contributed by atoms with Crippen LogP contribution in [0.2, 0.25) is 0 Å². The number of alkyl carbamates (subject to hydrolysis) is 2. The lowest BCUT2D eigenvalue weighted by Gasteiger charge is -2.33. The van der Waals surface area contributed by atoms with Gasteiger partial charge in [-0.15, -0.1) is 0 Å². The average Bonchev–Trinajstić information content (AvgIpc) is 2.99. The Labute approximate surface area is 306 Å². The van der Waals surface area contributed by atoms with Crippen LogP contribution in [-0.2, 0) is 9.47 Å². The lowest BCUT2D eigenvalue weighted by Crippen LogP contribution is -2.43. The second-order valence-electron chi connectivity index (χ2n) is 17.6. The van der Waals surface area contributed by atoms with Crippen LogP contribution in [0.3, 0.4) is 0 Å². The third-order valence-corrected chi connectivity index (χ3v) is 9.93. The van der Waals surface area contributed by atoms with Gasteiger partial charge in [-0.1, -0.05) is 0 Å². The van der Waals surface area contributed by atoms with E-state index in [9.17, 15) is 9.59 Å². The molecule has 0 aromatic heterocycles. The molecule has 296 valence electrons. The van der Waals surface area contributed by atoms with Crippen LogP contribution in [0.15, 0.2) is 0 Å². The number of rotatable bonds is 4. The Bertz CT molecular complexity index is 897. The smallest absolute Gasteiger partial charge is 0.407 e. The fourth-order valence-corrected chi connectivity index (χ4v) is 6.71. The molecular formula is C38H80N8O4. The van der Waals surface area contributed by atoms with Gasteiger partial charge in [-0.3, -0.25) is 0 Å². The summed E-state index contributed by atoms with van der Waals surface area (Å²) < 4.78 is 10.4. The molecule has 2 amide bonds. The molecule has 4 fully saturated rings. The van der Waals surface area contributed by atoms with Gasteiger partial charge in [0.15, 0.2) is 0 Å². The number of nitrogens with zero attached hydrogens (tertiary/aromatic N) is 2. The molecule has 12 nitrogen and oxygen atoms in total. The predicted octanol–water partition coefficient (Wildman–Crippen LogP) is 5.20. The largest absolute Gasteiger partial charge is 0.444 e. The molecule has 0 aromatic rings. The first-order valence-corrected chi connectivity index (χ1v) is 19.5. The Morgan fingerprint density at radius 1 is 0.460 bits per heavy atom. The molecule has 0 radical (unpaired) electrons. The summed E-state index contributed by atoms with van der Waals surface area (Å²) in [5, 5.41) is 5.83. The van der Waals surface area contributed by atoms with Crippen molar-refractivity contribution in [2.75, 3.05) is 28.2 Å². The Morgan fingerprint density at radius 3 is 0.940 bits per heavy atom. The van der Waals surface area contributed by atoms with E-state index in [4.69, 9.17) is 32.4 Å². The van der Waals surface area contributed by atoms with Gasteiger partial charge in [0.25, 0.3) is 0 Å². The first kappa shape index (κ1) is 46.3. The summed E-state index contributed by atoms with van der Waals surface area (Å²) in [5.41, 5.74) is 22.0. The molecule has 0 heterocycles. The Balaban J connectivity index is 0.000000346. The van der Waals surface area contributed by atoms with Gasteiger partial charge in [-0.05, 0) is 172 Å². The Hall–Kier alpha value is -1.70. The van der Waals surface area contributed by atoms with E-state index in [1.807, 2.05) is 41.5 Å². The highest BCUT2D eigenvalue weighted by Crippen LogP contribution is 2.22. The van der Waals surface area contributed by atoms with Gasteiger partial charge in [0.1, 0.15) is 11.2 Å². The highest BCUT2D eigenvalue weighted by Gasteiger charge is 2.26. The van der Waals surface area contributed by atoms with Crippen molar-refractivity contribution in [2.45, 2.75) is 204 Å². The van der Waals surface area contributed by atoms with E-state index >= 15 is 0 Å². The fourth-order valence-electron chi connectivity index (χ4n) is 6.71. The normalized spacial score (nSPS) is 30.2. The molecule has 4 saturated carbocycles. The minimum absolute atomic E-state index is 0.236. The van der Waals surface area contributed by atoms with Crippen LogP contribution in [0.4, 0.5) is 9.59 Å². The highest BCUT2D eigenvalue weighted by atomic mass is 16.6. The van der Waals surface area contributed by atoms with Crippen molar-refractivity contribution in [3.8, 4) is 0 Å². The standard InChI is InChI=1S/C13H26N2O2.C11H22N2O2.C8H18N2.C6H14N2/c1-13(2,3)17-12(16)14-10-6-8-11(9-7-10)15(4)5;1-11(2,3)15-10(14)13-9-6-4-8(12)5-7-9;1-10(2)8-5-3-7(9)4-6-8;7-5-1-2-6(8)4-3-5/h10-11H,6-9H2,1-5H3,(H,14,16);8-9H,4-7,12H2,1-3H3,(H,13,14);7-8H,3-6,9H2,1-2H3;5-6H,1-4,7-8H2. The molecular weight excluding hydrogens is 632 g/mol. The van der Waals surface area contributed by atoms with E-state index < -0.39 is 11.2 Å². The number of hydrogen-bond donors (Lipinski definition) is 6. The van der Waals surface area contributed by atoms with Crippen LogP contribution in [0, 0.1) is 0 Å².